The van der Waals surface area contributed by atoms with E-state index in [9.17, 15) is 19.2 Å². The maximum atomic E-state index is 13.9. The molecule has 0 spiro atoms. The quantitative estimate of drug-likeness (QED) is 0.334. The van der Waals surface area contributed by atoms with Crippen molar-refractivity contribution in [2.45, 2.75) is 45.8 Å². The highest BCUT2D eigenvalue weighted by atomic mass is 16.5. The number of allylic oxidation sites excluding steroid dienone is 2. The van der Waals surface area contributed by atoms with E-state index in [1.165, 1.54) is 10.6 Å². The Morgan fingerprint density at radius 3 is 2.54 bits per heavy atom. The number of fused-ring (bicyclic) bond motifs is 1. The predicted molar refractivity (Wildman–Crippen MR) is 156 cm³/mol. The number of hydrogen-bond donors (Lipinski definition) is 1. The van der Waals surface area contributed by atoms with Crippen molar-refractivity contribution in [3.63, 3.8) is 0 Å². The fraction of sp³-hybridized carbons (Fsp3) is 0.483. The van der Waals surface area contributed by atoms with E-state index in [0.29, 0.717) is 50.9 Å². The number of hydrogen-bond acceptors (Lipinski definition) is 8. The van der Waals surface area contributed by atoms with Crippen molar-refractivity contribution in [1.82, 2.24) is 23.6 Å². The minimum absolute atomic E-state index is 0.00976. The molecule has 2 aliphatic heterocycles. The van der Waals surface area contributed by atoms with Gasteiger partial charge in [0.25, 0.3) is 11.5 Å². The number of benzene rings is 1. The smallest absolute Gasteiger partial charge is 0.332 e. The fourth-order valence-electron chi connectivity index (χ4n) is 5.39. The third kappa shape index (κ3) is 5.75. The van der Waals surface area contributed by atoms with Gasteiger partial charge in [-0.2, -0.15) is 4.98 Å². The number of morpholine rings is 1. The molecule has 4 heterocycles. The molecule has 1 amide bonds. The van der Waals surface area contributed by atoms with Gasteiger partial charge in [0.1, 0.15) is 0 Å². The van der Waals surface area contributed by atoms with Crippen molar-refractivity contribution in [2.24, 2.45) is 12.8 Å². The number of anilines is 1. The largest absolute Gasteiger partial charge is 0.378 e. The molecule has 0 aliphatic carbocycles. The fourth-order valence-corrected chi connectivity index (χ4v) is 5.39. The lowest BCUT2D eigenvalue weighted by atomic mass is 10.1. The first-order chi connectivity index (χ1) is 19.7. The number of ketones is 1. The van der Waals surface area contributed by atoms with E-state index in [2.05, 4.69) is 4.90 Å². The summed E-state index contributed by atoms with van der Waals surface area (Å²) in [7, 11) is 1.55. The number of carbonyl (C=O) groups is 2. The minimum Gasteiger partial charge on any atom is -0.378 e. The molecule has 2 aliphatic rings. The zero-order chi connectivity index (χ0) is 29.3. The first-order valence-corrected chi connectivity index (χ1v) is 14.0. The van der Waals surface area contributed by atoms with Crippen LogP contribution in [0.1, 0.15) is 47.4 Å². The Morgan fingerprint density at radius 1 is 1.10 bits per heavy atom. The maximum absolute atomic E-state index is 13.9. The minimum atomic E-state index is -0.634. The molecule has 0 saturated carbocycles. The maximum Gasteiger partial charge on any atom is 0.332 e. The average molecular weight is 564 g/mol. The van der Waals surface area contributed by atoms with E-state index in [-0.39, 0.29) is 28.7 Å². The molecule has 218 valence electrons. The molecule has 12 heteroatoms. The zero-order valence-corrected chi connectivity index (χ0v) is 23.8. The lowest BCUT2D eigenvalue weighted by molar-refractivity contribution is 0.0303. The molecular formula is C29H37N7O5. The van der Waals surface area contributed by atoms with Gasteiger partial charge < -0.3 is 24.8 Å². The zero-order valence-electron chi connectivity index (χ0n) is 23.8. The Bertz CT molecular complexity index is 1620. The number of aromatic nitrogens is 4. The van der Waals surface area contributed by atoms with E-state index >= 15 is 0 Å². The van der Waals surface area contributed by atoms with Gasteiger partial charge in [0, 0.05) is 56.9 Å². The molecule has 0 radical (unpaired) electrons. The molecule has 1 aromatic carbocycles. The highest BCUT2D eigenvalue weighted by Gasteiger charge is 2.27. The molecule has 0 bridgehead atoms. The van der Waals surface area contributed by atoms with E-state index in [4.69, 9.17) is 15.5 Å². The Balaban J connectivity index is 1.53. The van der Waals surface area contributed by atoms with E-state index in [1.54, 1.807) is 30.1 Å². The van der Waals surface area contributed by atoms with Crippen LogP contribution in [0, 0.1) is 0 Å². The molecule has 1 unspecified atom stereocenters. The number of aryl methyl sites for hydroxylation is 1. The molecule has 2 saturated heterocycles. The normalized spacial score (nSPS) is 17.6. The number of nitrogens with zero attached hydrogens (tertiary/aromatic N) is 6. The third-order valence-electron chi connectivity index (χ3n) is 7.67. The lowest BCUT2D eigenvalue weighted by Gasteiger charge is -2.31. The number of carbonyl (C=O) groups excluding carboxylic acids is 2. The number of ether oxygens (including phenoxy) is 1. The number of Topliss-reactive ketones (excluding diaryl/α,β-unsaturated/α-hetero) is 1. The van der Waals surface area contributed by atoms with Gasteiger partial charge in [-0.25, -0.2) is 4.79 Å². The Morgan fingerprint density at radius 2 is 1.83 bits per heavy atom. The molecule has 3 aromatic rings. The molecular weight excluding hydrogens is 526 g/mol. The van der Waals surface area contributed by atoms with Gasteiger partial charge in [0.05, 0.1) is 19.8 Å². The number of nitrogens with two attached hydrogens (primary N) is 1. The van der Waals surface area contributed by atoms with Gasteiger partial charge in [-0.3, -0.25) is 23.5 Å². The van der Waals surface area contributed by atoms with Crippen molar-refractivity contribution in [3.05, 3.63) is 67.9 Å². The number of amides is 1. The van der Waals surface area contributed by atoms with Gasteiger partial charge in [0.15, 0.2) is 16.9 Å². The summed E-state index contributed by atoms with van der Waals surface area (Å²) in [6, 6.07) is 6.38. The van der Waals surface area contributed by atoms with Gasteiger partial charge in [-0.1, -0.05) is 23.8 Å². The number of piperidine rings is 1. The summed E-state index contributed by atoms with van der Waals surface area (Å²) in [4.78, 5) is 62.1. The molecule has 12 nitrogen and oxygen atoms in total. The summed E-state index contributed by atoms with van der Waals surface area (Å²) in [6.45, 7) is 7.10. The van der Waals surface area contributed by atoms with E-state index in [0.717, 1.165) is 29.5 Å². The first-order valence-electron chi connectivity index (χ1n) is 14.0. The van der Waals surface area contributed by atoms with Crippen molar-refractivity contribution < 1.29 is 14.3 Å². The summed E-state index contributed by atoms with van der Waals surface area (Å²) >= 11 is 0. The van der Waals surface area contributed by atoms with Crippen molar-refractivity contribution in [3.8, 4) is 0 Å². The van der Waals surface area contributed by atoms with E-state index < -0.39 is 23.6 Å². The van der Waals surface area contributed by atoms with Crippen LogP contribution in [0.2, 0.25) is 0 Å². The SMILES string of the molecule is CC(C)=CCn1c(N2CCCC(N)C2)nc2c1c(=O)n(CC(=O)c1cccc(C(=O)N3CCOCC3)c1)c(=O)n2C. The van der Waals surface area contributed by atoms with Crippen LogP contribution in [-0.2, 0) is 24.9 Å². The number of rotatable bonds is 7. The standard InChI is InChI=1S/C29H37N7O5/c1-19(2)9-11-35-24-25(31-28(35)34-10-5-8-22(30)17-34)32(3)29(40)36(27(24)39)18-23(37)20-6-4-7-21(16-20)26(38)33-12-14-41-15-13-33/h4,6-7,9,16,22H,5,8,10-15,17-18,30H2,1-3H3. The molecule has 1 atom stereocenters. The summed E-state index contributed by atoms with van der Waals surface area (Å²) in [5, 5.41) is 0. The topological polar surface area (TPSA) is 138 Å². The second kappa shape index (κ2) is 11.8. The summed E-state index contributed by atoms with van der Waals surface area (Å²) in [6.07, 6.45) is 3.81. The average Bonchev–Trinajstić information content (AvgIpc) is 3.37. The van der Waals surface area contributed by atoms with Crippen LogP contribution < -0.4 is 21.9 Å². The van der Waals surface area contributed by atoms with Gasteiger partial charge in [-0.15, -0.1) is 0 Å². The predicted octanol–water partition coefficient (Wildman–Crippen LogP) is 1.15. The van der Waals surface area contributed by atoms with Crippen LogP contribution in [0.3, 0.4) is 0 Å². The van der Waals surface area contributed by atoms with Crippen molar-refractivity contribution in [2.75, 3.05) is 44.3 Å². The van der Waals surface area contributed by atoms with Crippen LogP contribution in [0.5, 0.6) is 0 Å². The molecule has 2 fully saturated rings. The molecule has 5 rings (SSSR count). The first kappa shape index (κ1) is 28.5. The Hall–Kier alpha value is -4.03. The van der Waals surface area contributed by atoms with Gasteiger partial charge >= 0.3 is 5.69 Å². The summed E-state index contributed by atoms with van der Waals surface area (Å²) < 4.78 is 9.40. The molecule has 41 heavy (non-hydrogen) atoms. The summed E-state index contributed by atoms with van der Waals surface area (Å²) in [5.41, 5.74) is 7.23. The lowest BCUT2D eigenvalue weighted by Crippen LogP contribution is -2.44. The second-order valence-electron chi connectivity index (χ2n) is 11.0. The van der Waals surface area contributed by atoms with Crippen LogP contribution in [0.25, 0.3) is 11.2 Å². The summed E-state index contributed by atoms with van der Waals surface area (Å²) in [5.74, 6) is -0.0542. The third-order valence-corrected chi connectivity index (χ3v) is 7.67. The highest BCUT2D eigenvalue weighted by Crippen LogP contribution is 2.23. The van der Waals surface area contributed by atoms with Crippen LogP contribution in [0.15, 0.2) is 45.5 Å². The van der Waals surface area contributed by atoms with Crippen LogP contribution in [0.4, 0.5) is 5.95 Å². The van der Waals surface area contributed by atoms with Crippen LogP contribution >= 0.6 is 0 Å². The Kier molecular flexibility index (Phi) is 8.22. The van der Waals surface area contributed by atoms with E-state index in [1.807, 2.05) is 24.5 Å². The van der Waals surface area contributed by atoms with Crippen molar-refractivity contribution in [1.29, 1.82) is 0 Å². The Labute approximate surface area is 237 Å². The highest BCUT2D eigenvalue weighted by molar-refractivity contribution is 6.00. The number of imidazole rings is 1. The molecule has 2 aromatic heterocycles. The van der Waals surface area contributed by atoms with Crippen LogP contribution in [-0.4, -0.2) is 80.7 Å². The molecule has 2 N–H and O–H groups in total. The van der Waals surface area contributed by atoms with Gasteiger partial charge in [0.2, 0.25) is 5.95 Å². The second-order valence-corrected chi connectivity index (χ2v) is 11.0. The van der Waals surface area contributed by atoms with Crippen molar-refractivity contribution >= 4 is 28.8 Å². The van der Waals surface area contributed by atoms with Gasteiger partial charge in [-0.05, 0) is 38.8 Å². The monoisotopic (exact) mass is 563 g/mol.